The van der Waals surface area contributed by atoms with E-state index in [4.69, 9.17) is 4.74 Å². The lowest BCUT2D eigenvalue weighted by Gasteiger charge is -2.34. The van der Waals surface area contributed by atoms with Crippen molar-refractivity contribution in [2.24, 2.45) is 0 Å². The van der Waals surface area contributed by atoms with Crippen LogP contribution in [-0.2, 0) is 11.3 Å². The first-order chi connectivity index (χ1) is 14.6. The summed E-state index contributed by atoms with van der Waals surface area (Å²) in [5.41, 5.74) is 1.77. The van der Waals surface area contributed by atoms with Gasteiger partial charge >= 0.3 is 0 Å². The van der Waals surface area contributed by atoms with Crippen molar-refractivity contribution in [2.45, 2.75) is 6.54 Å². The highest BCUT2D eigenvalue weighted by atomic mass is 19.1. The molecular weight excluding hydrogens is 381 g/mol. The number of carbonyl (C=O) groups excluding carboxylic acids is 1. The molecule has 1 aliphatic rings. The number of piperazine rings is 1. The van der Waals surface area contributed by atoms with Crippen LogP contribution < -0.4 is 10.1 Å². The maximum Gasteiger partial charge on any atom is 0.238 e. The van der Waals surface area contributed by atoms with E-state index in [1.807, 2.05) is 48.5 Å². The molecule has 1 amide bonds. The molecule has 0 spiro atoms. The fourth-order valence-corrected chi connectivity index (χ4v) is 3.90. The Bertz CT molecular complexity index is 1030. The number of ether oxygens (including phenoxy) is 1. The van der Waals surface area contributed by atoms with Crippen molar-refractivity contribution in [3.05, 3.63) is 72.0 Å². The van der Waals surface area contributed by atoms with Crippen molar-refractivity contribution in [1.82, 2.24) is 9.80 Å². The highest BCUT2D eigenvalue weighted by Crippen LogP contribution is 2.23. The normalized spacial score (nSPS) is 15.3. The number of hydrogen-bond donors (Lipinski definition) is 1. The molecule has 1 heterocycles. The minimum Gasteiger partial charge on any atom is -0.494 e. The summed E-state index contributed by atoms with van der Waals surface area (Å²) in [6.45, 7) is 4.36. The molecule has 0 bridgehead atoms. The van der Waals surface area contributed by atoms with Crippen LogP contribution in [0.4, 0.5) is 10.1 Å². The van der Waals surface area contributed by atoms with Gasteiger partial charge < -0.3 is 10.1 Å². The minimum absolute atomic E-state index is 0.00275. The molecule has 1 fully saturated rings. The van der Waals surface area contributed by atoms with Crippen molar-refractivity contribution in [2.75, 3.05) is 45.2 Å². The number of nitrogens with one attached hydrogen (secondary N) is 1. The summed E-state index contributed by atoms with van der Waals surface area (Å²) in [6.07, 6.45) is 0. The van der Waals surface area contributed by atoms with E-state index in [-0.39, 0.29) is 17.5 Å². The van der Waals surface area contributed by atoms with Gasteiger partial charge in [-0.25, -0.2) is 4.39 Å². The van der Waals surface area contributed by atoms with E-state index in [0.29, 0.717) is 13.1 Å². The van der Waals surface area contributed by atoms with E-state index in [1.54, 1.807) is 6.07 Å². The fraction of sp³-hybridized carbons (Fsp3) is 0.292. The second-order valence-corrected chi connectivity index (χ2v) is 7.60. The highest BCUT2D eigenvalue weighted by Gasteiger charge is 2.19. The molecule has 3 aromatic rings. The summed E-state index contributed by atoms with van der Waals surface area (Å²) in [4.78, 5) is 17.0. The number of amides is 1. The van der Waals surface area contributed by atoms with Gasteiger partial charge in [-0.2, -0.15) is 0 Å². The van der Waals surface area contributed by atoms with Gasteiger partial charge in [0, 0.05) is 43.8 Å². The molecule has 5 nitrogen and oxygen atoms in total. The van der Waals surface area contributed by atoms with E-state index in [2.05, 4.69) is 15.1 Å². The molecule has 0 aliphatic carbocycles. The van der Waals surface area contributed by atoms with Crippen molar-refractivity contribution in [3.63, 3.8) is 0 Å². The largest absolute Gasteiger partial charge is 0.494 e. The summed E-state index contributed by atoms with van der Waals surface area (Å²) in [5.74, 6) is -0.0726. The first-order valence-electron chi connectivity index (χ1n) is 10.2. The molecule has 0 radical (unpaired) electrons. The molecule has 30 heavy (non-hydrogen) atoms. The van der Waals surface area contributed by atoms with Gasteiger partial charge in [0.25, 0.3) is 0 Å². The van der Waals surface area contributed by atoms with Crippen molar-refractivity contribution in [3.8, 4) is 5.75 Å². The molecule has 6 heteroatoms. The predicted octanol–water partition coefficient (Wildman–Crippen LogP) is 3.74. The van der Waals surface area contributed by atoms with Crippen LogP contribution in [0.25, 0.3) is 10.8 Å². The Labute approximate surface area is 176 Å². The van der Waals surface area contributed by atoms with Crippen LogP contribution >= 0.6 is 0 Å². The number of benzene rings is 3. The molecule has 156 valence electrons. The lowest BCUT2D eigenvalue weighted by atomic mass is 10.1. The number of halogens is 1. The van der Waals surface area contributed by atoms with Gasteiger partial charge in [0.1, 0.15) is 0 Å². The maximum atomic E-state index is 13.9. The minimum atomic E-state index is -0.334. The monoisotopic (exact) mass is 407 g/mol. The van der Waals surface area contributed by atoms with Crippen LogP contribution in [0, 0.1) is 5.82 Å². The Balaban J connectivity index is 1.28. The first kappa shape index (κ1) is 20.3. The maximum absolute atomic E-state index is 13.9. The third-order valence-electron chi connectivity index (χ3n) is 5.52. The van der Waals surface area contributed by atoms with Crippen LogP contribution in [0.1, 0.15) is 5.56 Å². The second kappa shape index (κ2) is 9.24. The molecule has 1 N–H and O–H groups in total. The third-order valence-corrected chi connectivity index (χ3v) is 5.52. The highest BCUT2D eigenvalue weighted by molar-refractivity contribution is 6.02. The number of nitrogens with zero attached hydrogens (tertiary/aromatic N) is 2. The zero-order valence-electron chi connectivity index (χ0n) is 17.1. The van der Waals surface area contributed by atoms with E-state index in [1.165, 1.54) is 13.2 Å². The molecule has 0 saturated carbocycles. The zero-order chi connectivity index (χ0) is 20.9. The van der Waals surface area contributed by atoms with Crippen molar-refractivity contribution in [1.29, 1.82) is 0 Å². The Morgan fingerprint density at radius 1 is 1.00 bits per heavy atom. The van der Waals surface area contributed by atoms with Crippen LogP contribution in [0.2, 0.25) is 0 Å². The smallest absolute Gasteiger partial charge is 0.238 e. The van der Waals surface area contributed by atoms with Gasteiger partial charge in [-0.05, 0) is 29.1 Å². The predicted molar refractivity (Wildman–Crippen MR) is 117 cm³/mol. The molecule has 0 aromatic heterocycles. The zero-order valence-corrected chi connectivity index (χ0v) is 17.1. The van der Waals surface area contributed by atoms with E-state index >= 15 is 0 Å². The average molecular weight is 407 g/mol. The number of methoxy groups -OCH3 is 1. The molecule has 4 rings (SSSR count). The molecule has 1 saturated heterocycles. The molecule has 0 atom stereocenters. The summed E-state index contributed by atoms with van der Waals surface area (Å²) in [7, 11) is 1.47. The third kappa shape index (κ3) is 4.78. The standard InChI is InChI=1S/C24H26FN3O2/c1-30-23-10-9-18(15-21(23)25)16-27-11-13-28(14-12-27)17-24(29)26-22-8-4-6-19-5-2-3-7-20(19)22/h2-10,15H,11-14,16-17H2,1H3,(H,26,29). The molecule has 1 aliphatic heterocycles. The van der Waals surface area contributed by atoms with Gasteiger partial charge in [-0.3, -0.25) is 14.6 Å². The fourth-order valence-electron chi connectivity index (χ4n) is 3.90. The molecule has 3 aromatic carbocycles. The van der Waals surface area contributed by atoms with Crippen LogP contribution in [0.3, 0.4) is 0 Å². The lowest BCUT2D eigenvalue weighted by Crippen LogP contribution is -2.48. The first-order valence-corrected chi connectivity index (χ1v) is 10.2. The summed E-state index contributed by atoms with van der Waals surface area (Å²) in [5, 5.41) is 5.21. The Hall–Kier alpha value is -2.96. The van der Waals surface area contributed by atoms with Crippen molar-refractivity contribution >= 4 is 22.4 Å². The van der Waals surface area contributed by atoms with Crippen LogP contribution in [-0.4, -0.2) is 55.5 Å². The Morgan fingerprint density at radius 2 is 1.73 bits per heavy atom. The van der Waals surface area contributed by atoms with E-state index < -0.39 is 0 Å². The summed E-state index contributed by atoms with van der Waals surface area (Å²) < 4.78 is 18.9. The topological polar surface area (TPSA) is 44.8 Å². The second-order valence-electron chi connectivity index (χ2n) is 7.60. The molecular formula is C24H26FN3O2. The average Bonchev–Trinajstić information content (AvgIpc) is 2.75. The Kier molecular flexibility index (Phi) is 6.26. The Morgan fingerprint density at radius 3 is 2.50 bits per heavy atom. The summed E-state index contributed by atoms with van der Waals surface area (Å²) >= 11 is 0. The number of carbonyl (C=O) groups is 1. The van der Waals surface area contributed by atoms with Gasteiger partial charge in [-0.1, -0.05) is 42.5 Å². The van der Waals surface area contributed by atoms with Gasteiger partial charge in [0.05, 0.1) is 13.7 Å². The van der Waals surface area contributed by atoms with E-state index in [9.17, 15) is 9.18 Å². The van der Waals surface area contributed by atoms with Crippen LogP contribution in [0.5, 0.6) is 5.75 Å². The molecule has 0 unspecified atom stereocenters. The SMILES string of the molecule is COc1ccc(CN2CCN(CC(=O)Nc3cccc4ccccc34)CC2)cc1F. The van der Waals surface area contributed by atoms with Gasteiger partial charge in [0.2, 0.25) is 5.91 Å². The van der Waals surface area contributed by atoms with E-state index in [0.717, 1.165) is 48.2 Å². The number of rotatable bonds is 6. The lowest BCUT2D eigenvalue weighted by molar-refractivity contribution is -0.117. The van der Waals surface area contributed by atoms with Gasteiger partial charge in [0.15, 0.2) is 11.6 Å². The summed E-state index contributed by atoms with van der Waals surface area (Å²) in [6, 6.07) is 19.1. The number of anilines is 1. The quantitative estimate of drug-likeness (QED) is 0.676. The number of hydrogen-bond acceptors (Lipinski definition) is 4. The van der Waals surface area contributed by atoms with Crippen molar-refractivity contribution < 1.29 is 13.9 Å². The number of fused-ring (bicyclic) bond motifs is 1. The van der Waals surface area contributed by atoms with Crippen LogP contribution in [0.15, 0.2) is 60.7 Å². The van der Waals surface area contributed by atoms with Gasteiger partial charge in [-0.15, -0.1) is 0 Å².